The van der Waals surface area contributed by atoms with Crippen LogP contribution in [0.2, 0.25) is 5.02 Å². The molecule has 0 saturated carbocycles. The van der Waals surface area contributed by atoms with E-state index >= 15 is 0 Å². The van der Waals surface area contributed by atoms with E-state index in [1.54, 1.807) is 18.2 Å². The van der Waals surface area contributed by atoms with Crippen molar-refractivity contribution in [2.45, 2.75) is 13.0 Å². The van der Waals surface area contributed by atoms with Crippen LogP contribution in [-0.4, -0.2) is 24.1 Å². The number of fused-ring (bicyclic) bond motifs is 1. The number of nitrogens with zero attached hydrogens (tertiary/aromatic N) is 2. The molecule has 1 heterocycles. The van der Waals surface area contributed by atoms with Gasteiger partial charge in [0.2, 0.25) is 11.8 Å². The van der Waals surface area contributed by atoms with Crippen LogP contribution in [0.3, 0.4) is 0 Å². The van der Waals surface area contributed by atoms with Gasteiger partial charge in [0.1, 0.15) is 12.4 Å². The van der Waals surface area contributed by atoms with Crippen LogP contribution in [0.25, 0.3) is 0 Å². The summed E-state index contributed by atoms with van der Waals surface area (Å²) in [5, 5.41) is 2.75. The molecule has 0 aromatic heterocycles. The van der Waals surface area contributed by atoms with Gasteiger partial charge in [0.25, 0.3) is 0 Å². The predicted molar refractivity (Wildman–Crippen MR) is 119 cm³/mol. The maximum absolute atomic E-state index is 13.3. The molecule has 1 aliphatic rings. The fraction of sp³-hybridized carbons (Fsp3) is 0.125. The van der Waals surface area contributed by atoms with E-state index in [1.165, 1.54) is 17.0 Å². The first kappa shape index (κ1) is 20.8. The molecule has 3 aromatic rings. The standard InChI is InChI=1S/C24H19ClFN3O2/c25-18-12-16(10-11-19(18)26)14-27-23(30)15-29-22-9-5-4-8-20(22)28-21(13-24(29)31)17-6-2-1-3-7-17/h1-12H,13-15H2,(H,27,30). The molecule has 0 aliphatic carbocycles. The Kier molecular flexibility index (Phi) is 6.09. The van der Waals surface area contributed by atoms with Gasteiger partial charge in [0.05, 0.1) is 28.5 Å². The fourth-order valence-electron chi connectivity index (χ4n) is 3.37. The summed E-state index contributed by atoms with van der Waals surface area (Å²) >= 11 is 5.79. The van der Waals surface area contributed by atoms with Gasteiger partial charge in [-0.05, 0) is 35.4 Å². The second-order valence-corrected chi connectivity index (χ2v) is 7.50. The van der Waals surface area contributed by atoms with Crippen molar-refractivity contribution in [1.82, 2.24) is 5.32 Å². The molecule has 0 radical (unpaired) electrons. The number of aliphatic imine (C=N–C) groups is 1. The number of carbonyl (C=O) groups is 2. The van der Waals surface area contributed by atoms with E-state index in [0.29, 0.717) is 22.6 Å². The summed E-state index contributed by atoms with van der Waals surface area (Å²) < 4.78 is 13.3. The number of benzene rings is 3. The lowest BCUT2D eigenvalue weighted by Crippen LogP contribution is -2.41. The second-order valence-electron chi connectivity index (χ2n) is 7.10. The van der Waals surface area contributed by atoms with Crippen LogP contribution in [0, 0.1) is 5.82 Å². The number of halogens is 2. The highest BCUT2D eigenvalue weighted by Crippen LogP contribution is 2.32. The van der Waals surface area contributed by atoms with Crippen LogP contribution < -0.4 is 10.2 Å². The SMILES string of the molecule is O=C(CN1C(=O)CC(c2ccccc2)=Nc2ccccc21)NCc1ccc(F)c(Cl)c1. The number of para-hydroxylation sites is 2. The van der Waals surface area contributed by atoms with Gasteiger partial charge in [-0.3, -0.25) is 14.6 Å². The molecule has 4 rings (SSSR count). The average molecular weight is 436 g/mol. The highest BCUT2D eigenvalue weighted by Gasteiger charge is 2.26. The van der Waals surface area contributed by atoms with Crippen LogP contribution in [0.5, 0.6) is 0 Å². The second kappa shape index (κ2) is 9.10. The maximum atomic E-state index is 13.3. The van der Waals surface area contributed by atoms with Crippen molar-refractivity contribution >= 4 is 40.5 Å². The Morgan fingerprint density at radius 1 is 1.06 bits per heavy atom. The summed E-state index contributed by atoms with van der Waals surface area (Å²) in [6.45, 7) is 0.0244. The van der Waals surface area contributed by atoms with E-state index in [9.17, 15) is 14.0 Å². The number of anilines is 1. The third-order valence-corrected chi connectivity index (χ3v) is 5.22. The van der Waals surface area contributed by atoms with Crippen molar-refractivity contribution in [3.63, 3.8) is 0 Å². The molecule has 2 amide bonds. The molecule has 5 nitrogen and oxygen atoms in total. The van der Waals surface area contributed by atoms with Crippen molar-refractivity contribution in [3.8, 4) is 0 Å². The van der Waals surface area contributed by atoms with Gasteiger partial charge in [0, 0.05) is 6.54 Å². The molecule has 0 unspecified atom stereocenters. The quantitative estimate of drug-likeness (QED) is 0.634. The zero-order chi connectivity index (χ0) is 21.8. The minimum atomic E-state index is -0.516. The number of carbonyl (C=O) groups excluding carboxylic acids is 2. The molecule has 0 bridgehead atoms. The van der Waals surface area contributed by atoms with E-state index in [0.717, 1.165) is 5.56 Å². The molecule has 0 saturated heterocycles. The monoisotopic (exact) mass is 435 g/mol. The summed E-state index contributed by atoms with van der Waals surface area (Å²) in [6.07, 6.45) is 0.0829. The minimum Gasteiger partial charge on any atom is -0.350 e. The fourth-order valence-corrected chi connectivity index (χ4v) is 3.57. The molecule has 0 fully saturated rings. The molecular formula is C24H19ClFN3O2. The first-order valence-electron chi connectivity index (χ1n) is 9.74. The molecule has 3 aromatic carbocycles. The molecule has 7 heteroatoms. The van der Waals surface area contributed by atoms with E-state index in [1.807, 2.05) is 42.5 Å². The van der Waals surface area contributed by atoms with Crippen LogP contribution in [0.15, 0.2) is 77.8 Å². The molecule has 1 aliphatic heterocycles. The number of hydrogen-bond donors (Lipinski definition) is 1. The lowest BCUT2D eigenvalue weighted by atomic mass is 10.1. The Balaban J connectivity index is 1.52. The van der Waals surface area contributed by atoms with Gasteiger partial charge in [0.15, 0.2) is 0 Å². The Morgan fingerprint density at radius 3 is 2.58 bits per heavy atom. The summed E-state index contributed by atoms with van der Waals surface area (Å²) in [6, 6.07) is 21.0. The zero-order valence-corrected chi connectivity index (χ0v) is 17.3. The Morgan fingerprint density at radius 2 is 1.81 bits per heavy atom. The molecular weight excluding hydrogens is 417 g/mol. The van der Waals surface area contributed by atoms with Crippen molar-refractivity contribution in [2.75, 3.05) is 11.4 Å². The van der Waals surface area contributed by atoms with Crippen LogP contribution in [0.4, 0.5) is 15.8 Å². The van der Waals surface area contributed by atoms with Crippen molar-refractivity contribution in [3.05, 3.63) is 94.8 Å². The average Bonchev–Trinajstić information content (AvgIpc) is 2.92. The third-order valence-electron chi connectivity index (χ3n) is 4.93. The normalized spacial score (nSPS) is 13.3. The van der Waals surface area contributed by atoms with Crippen LogP contribution >= 0.6 is 11.6 Å². The smallest absolute Gasteiger partial charge is 0.240 e. The lowest BCUT2D eigenvalue weighted by molar-refractivity contribution is -0.123. The first-order chi connectivity index (χ1) is 15.0. The number of hydrogen-bond acceptors (Lipinski definition) is 3. The lowest BCUT2D eigenvalue weighted by Gasteiger charge is -2.22. The van der Waals surface area contributed by atoms with E-state index in [2.05, 4.69) is 5.32 Å². The van der Waals surface area contributed by atoms with Crippen LogP contribution in [0.1, 0.15) is 17.5 Å². The van der Waals surface area contributed by atoms with Crippen molar-refractivity contribution in [2.24, 2.45) is 4.99 Å². The minimum absolute atomic E-state index is 0.00559. The Hall–Kier alpha value is -3.51. The van der Waals surface area contributed by atoms with Crippen molar-refractivity contribution in [1.29, 1.82) is 0 Å². The predicted octanol–water partition coefficient (Wildman–Crippen LogP) is 4.65. The summed E-state index contributed by atoms with van der Waals surface area (Å²) in [4.78, 5) is 31.8. The Bertz CT molecular complexity index is 1160. The van der Waals surface area contributed by atoms with Gasteiger partial charge in [-0.1, -0.05) is 60.1 Å². The third kappa shape index (κ3) is 4.81. The molecule has 0 atom stereocenters. The number of rotatable bonds is 5. The highest BCUT2D eigenvalue weighted by atomic mass is 35.5. The van der Waals surface area contributed by atoms with Gasteiger partial charge < -0.3 is 10.2 Å². The van der Waals surface area contributed by atoms with E-state index in [4.69, 9.17) is 16.6 Å². The largest absolute Gasteiger partial charge is 0.350 e. The number of nitrogens with one attached hydrogen (secondary N) is 1. The Labute approximate surface area is 184 Å². The van der Waals surface area contributed by atoms with E-state index < -0.39 is 5.82 Å². The van der Waals surface area contributed by atoms with Gasteiger partial charge >= 0.3 is 0 Å². The molecule has 31 heavy (non-hydrogen) atoms. The molecule has 0 spiro atoms. The van der Waals surface area contributed by atoms with Gasteiger partial charge in [-0.25, -0.2) is 4.39 Å². The molecule has 1 N–H and O–H groups in total. The van der Waals surface area contributed by atoms with Gasteiger partial charge in [-0.15, -0.1) is 0 Å². The molecule has 156 valence electrons. The maximum Gasteiger partial charge on any atom is 0.240 e. The highest BCUT2D eigenvalue weighted by molar-refractivity contribution is 6.30. The van der Waals surface area contributed by atoms with Crippen molar-refractivity contribution < 1.29 is 14.0 Å². The summed E-state index contributed by atoms with van der Waals surface area (Å²) in [7, 11) is 0. The summed E-state index contributed by atoms with van der Waals surface area (Å²) in [5.41, 5.74) is 3.40. The van der Waals surface area contributed by atoms with Crippen LogP contribution in [-0.2, 0) is 16.1 Å². The topological polar surface area (TPSA) is 61.8 Å². The number of amides is 2. The zero-order valence-electron chi connectivity index (χ0n) is 16.5. The summed E-state index contributed by atoms with van der Waals surface area (Å²) in [5.74, 6) is -1.07. The van der Waals surface area contributed by atoms with E-state index in [-0.39, 0.29) is 36.3 Å². The first-order valence-corrected chi connectivity index (χ1v) is 10.1. The van der Waals surface area contributed by atoms with Gasteiger partial charge in [-0.2, -0.15) is 0 Å².